The third-order valence-electron chi connectivity index (χ3n) is 3.29. The molecular weight excluding hydrogens is 286 g/mol. The third kappa shape index (κ3) is 3.40. The van der Waals surface area contributed by atoms with E-state index < -0.39 is 10.0 Å². The molecule has 0 fully saturated rings. The standard InChI is InChI=1S/C15H19N3O2S/c1-10-8-14(16)9-11(2)15(10)21(19,20)18-12(3)13-4-6-17-7-5-13/h4-9,12,18H,16H2,1-3H3. The molecule has 0 saturated heterocycles. The lowest BCUT2D eigenvalue weighted by Gasteiger charge is -2.17. The third-order valence-corrected chi connectivity index (χ3v) is 5.13. The summed E-state index contributed by atoms with van der Waals surface area (Å²) in [4.78, 5) is 4.22. The van der Waals surface area contributed by atoms with E-state index in [2.05, 4.69) is 9.71 Å². The van der Waals surface area contributed by atoms with Crippen molar-refractivity contribution in [2.24, 2.45) is 0 Å². The second-order valence-electron chi connectivity index (χ2n) is 5.11. The first-order valence-corrected chi connectivity index (χ1v) is 8.08. The van der Waals surface area contributed by atoms with Crippen LogP contribution in [0.2, 0.25) is 0 Å². The predicted octanol–water partition coefficient (Wildman–Crippen LogP) is 2.32. The van der Waals surface area contributed by atoms with E-state index >= 15 is 0 Å². The van der Waals surface area contributed by atoms with Gasteiger partial charge in [-0.15, -0.1) is 0 Å². The Labute approximate surface area is 125 Å². The smallest absolute Gasteiger partial charge is 0.241 e. The summed E-state index contributed by atoms with van der Waals surface area (Å²) < 4.78 is 27.9. The van der Waals surface area contributed by atoms with Gasteiger partial charge in [0.15, 0.2) is 0 Å². The molecule has 0 aliphatic carbocycles. The second-order valence-corrected chi connectivity index (χ2v) is 6.76. The topological polar surface area (TPSA) is 85.1 Å². The molecule has 2 rings (SSSR count). The molecule has 1 atom stereocenters. The van der Waals surface area contributed by atoms with Crippen molar-refractivity contribution in [3.8, 4) is 0 Å². The van der Waals surface area contributed by atoms with E-state index in [0.717, 1.165) is 5.56 Å². The quantitative estimate of drug-likeness (QED) is 0.849. The molecule has 1 aromatic heterocycles. The molecule has 112 valence electrons. The summed E-state index contributed by atoms with van der Waals surface area (Å²) in [6.07, 6.45) is 3.28. The minimum atomic E-state index is -3.61. The van der Waals surface area contributed by atoms with Crippen LogP contribution in [0.5, 0.6) is 0 Å². The van der Waals surface area contributed by atoms with Gasteiger partial charge in [0, 0.05) is 24.1 Å². The summed E-state index contributed by atoms with van der Waals surface area (Å²) in [6.45, 7) is 5.29. The highest BCUT2D eigenvalue weighted by Gasteiger charge is 2.22. The first-order chi connectivity index (χ1) is 9.81. The number of rotatable bonds is 4. The zero-order valence-corrected chi connectivity index (χ0v) is 13.1. The van der Waals surface area contributed by atoms with Gasteiger partial charge in [0.05, 0.1) is 4.90 Å². The molecule has 0 aliphatic rings. The molecular formula is C15H19N3O2S. The SMILES string of the molecule is Cc1cc(N)cc(C)c1S(=O)(=O)NC(C)c1ccncc1. The number of nitrogens with two attached hydrogens (primary N) is 1. The van der Waals surface area contributed by atoms with Crippen LogP contribution in [0.25, 0.3) is 0 Å². The lowest BCUT2D eigenvalue weighted by atomic mass is 10.1. The highest BCUT2D eigenvalue weighted by molar-refractivity contribution is 7.89. The molecule has 1 unspecified atom stereocenters. The summed E-state index contributed by atoms with van der Waals surface area (Å²) >= 11 is 0. The van der Waals surface area contributed by atoms with Crippen LogP contribution >= 0.6 is 0 Å². The maximum atomic E-state index is 12.6. The average molecular weight is 305 g/mol. The number of benzene rings is 1. The normalized spacial score (nSPS) is 13.1. The van der Waals surface area contributed by atoms with Gasteiger partial charge >= 0.3 is 0 Å². The van der Waals surface area contributed by atoms with E-state index in [4.69, 9.17) is 5.73 Å². The lowest BCUT2D eigenvalue weighted by Crippen LogP contribution is -2.28. The van der Waals surface area contributed by atoms with E-state index in [1.165, 1.54) is 0 Å². The van der Waals surface area contributed by atoms with Gasteiger partial charge in [-0.25, -0.2) is 13.1 Å². The van der Waals surface area contributed by atoms with Crippen molar-refractivity contribution in [1.82, 2.24) is 9.71 Å². The van der Waals surface area contributed by atoms with E-state index in [1.54, 1.807) is 57.4 Å². The van der Waals surface area contributed by atoms with Crippen LogP contribution in [0.15, 0.2) is 41.6 Å². The van der Waals surface area contributed by atoms with Crippen LogP contribution in [0.4, 0.5) is 5.69 Å². The van der Waals surface area contributed by atoms with Crippen LogP contribution < -0.4 is 10.5 Å². The fraction of sp³-hybridized carbons (Fsp3) is 0.267. The van der Waals surface area contributed by atoms with Crippen molar-refractivity contribution in [2.75, 3.05) is 5.73 Å². The Morgan fingerprint density at radius 1 is 1.14 bits per heavy atom. The van der Waals surface area contributed by atoms with E-state index in [0.29, 0.717) is 16.8 Å². The summed E-state index contributed by atoms with van der Waals surface area (Å²) in [5, 5.41) is 0. The van der Waals surface area contributed by atoms with Crippen molar-refractivity contribution >= 4 is 15.7 Å². The molecule has 0 saturated carbocycles. The molecule has 0 amide bonds. The van der Waals surface area contributed by atoms with Crippen LogP contribution in [0.3, 0.4) is 0 Å². The molecule has 0 bridgehead atoms. The molecule has 1 aromatic carbocycles. The van der Waals surface area contributed by atoms with Gasteiger partial charge in [-0.05, 0) is 61.7 Å². The highest BCUT2D eigenvalue weighted by Crippen LogP contribution is 2.24. The summed E-state index contributed by atoms with van der Waals surface area (Å²) in [5.41, 5.74) is 8.44. The van der Waals surface area contributed by atoms with Gasteiger partial charge in [-0.1, -0.05) is 0 Å². The molecule has 6 heteroatoms. The minimum absolute atomic E-state index is 0.289. The number of pyridine rings is 1. The van der Waals surface area contributed by atoms with Crippen LogP contribution in [0, 0.1) is 13.8 Å². The average Bonchev–Trinajstić information content (AvgIpc) is 2.37. The van der Waals surface area contributed by atoms with Gasteiger partial charge < -0.3 is 5.73 Å². The Hall–Kier alpha value is -1.92. The molecule has 0 aliphatic heterocycles. The Morgan fingerprint density at radius 3 is 2.19 bits per heavy atom. The van der Waals surface area contributed by atoms with Crippen molar-refractivity contribution < 1.29 is 8.42 Å². The number of sulfonamides is 1. The molecule has 2 aromatic rings. The number of aryl methyl sites for hydroxylation is 2. The highest BCUT2D eigenvalue weighted by atomic mass is 32.2. The zero-order valence-electron chi connectivity index (χ0n) is 12.3. The molecule has 21 heavy (non-hydrogen) atoms. The lowest BCUT2D eigenvalue weighted by molar-refractivity contribution is 0.565. The summed E-state index contributed by atoms with van der Waals surface area (Å²) in [6, 6.07) is 6.57. The van der Waals surface area contributed by atoms with Crippen LogP contribution in [0.1, 0.15) is 29.7 Å². The zero-order chi connectivity index (χ0) is 15.6. The number of hydrogen-bond acceptors (Lipinski definition) is 4. The van der Waals surface area contributed by atoms with E-state index in [1.807, 2.05) is 0 Å². The van der Waals surface area contributed by atoms with Crippen molar-refractivity contribution in [3.63, 3.8) is 0 Å². The molecule has 5 nitrogen and oxygen atoms in total. The van der Waals surface area contributed by atoms with Crippen LogP contribution in [-0.4, -0.2) is 13.4 Å². The summed E-state index contributed by atoms with van der Waals surface area (Å²) in [5.74, 6) is 0. The monoisotopic (exact) mass is 305 g/mol. The number of nitrogens with one attached hydrogen (secondary N) is 1. The number of anilines is 1. The number of nitrogen functional groups attached to an aromatic ring is 1. The van der Waals surface area contributed by atoms with E-state index in [9.17, 15) is 8.42 Å². The van der Waals surface area contributed by atoms with Crippen molar-refractivity contribution in [2.45, 2.75) is 31.7 Å². The largest absolute Gasteiger partial charge is 0.399 e. The minimum Gasteiger partial charge on any atom is -0.399 e. The maximum Gasteiger partial charge on any atom is 0.241 e. The number of aromatic nitrogens is 1. The Kier molecular flexibility index (Phi) is 4.29. The molecule has 1 heterocycles. The van der Waals surface area contributed by atoms with Gasteiger partial charge in [-0.3, -0.25) is 4.98 Å². The second kappa shape index (κ2) is 5.83. The van der Waals surface area contributed by atoms with Crippen molar-refractivity contribution in [3.05, 3.63) is 53.3 Å². The first kappa shape index (κ1) is 15.5. The molecule has 3 N–H and O–H groups in total. The summed E-state index contributed by atoms with van der Waals surface area (Å²) in [7, 11) is -3.61. The Bertz CT molecular complexity index is 720. The van der Waals surface area contributed by atoms with Crippen LogP contribution in [-0.2, 0) is 10.0 Å². The Morgan fingerprint density at radius 2 is 1.67 bits per heavy atom. The predicted molar refractivity (Wildman–Crippen MR) is 83.3 cm³/mol. The van der Waals surface area contributed by atoms with Gasteiger partial charge in [0.2, 0.25) is 10.0 Å². The fourth-order valence-corrected chi connectivity index (χ4v) is 4.10. The maximum absolute atomic E-state index is 12.6. The van der Waals surface area contributed by atoms with Gasteiger partial charge in [-0.2, -0.15) is 0 Å². The Balaban J connectivity index is 2.36. The molecule has 0 spiro atoms. The molecule has 0 radical (unpaired) electrons. The van der Waals surface area contributed by atoms with Gasteiger partial charge in [0.1, 0.15) is 0 Å². The van der Waals surface area contributed by atoms with Crippen molar-refractivity contribution in [1.29, 1.82) is 0 Å². The fourth-order valence-electron chi connectivity index (χ4n) is 2.42. The van der Waals surface area contributed by atoms with Gasteiger partial charge in [0.25, 0.3) is 0 Å². The first-order valence-electron chi connectivity index (χ1n) is 6.60. The number of nitrogens with zero attached hydrogens (tertiary/aromatic N) is 1. The number of hydrogen-bond donors (Lipinski definition) is 2. The van der Waals surface area contributed by atoms with E-state index in [-0.39, 0.29) is 10.9 Å².